The monoisotopic (exact) mass is 127 g/mol. The number of rotatable bonds is 1. The molecule has 0 saturated carbocycles. The zero-order valence-corrected chi connectivity index (χ0v) is 6.72. The van der Waals surface area contributed by atoms with Crippen molar-refractivity contribution < 1.29 is 0 Å². The molecule has 0 bridgehead atoms. The van der Waals surface area contributed by atoms with Crippen LogP contribution in [0, 0.1) is 5.92 Å². The molecule has 9 heavy (non-hydrogen) atoms. The maximum Gasteiger partial charge on any atom is 0.00929 e. The molecule has 0 aromatic carbocycles. The lowest BCUT2D eigenvalue weighted by Crippen LogP contribution is -2.28. The smallest absolute Gasteiger partial charge is 0.00929 e. The Labute approximate surface area is 58.0 Å². The van der Waals surface area contributed by atoms with Gasteiger partial charge in [-0.25, -0.2) is 0 Å². The second-order valence-corrected chi connectivity index (χ2v) is 3.14. The Hall–Kier alpha value is -0.0400. The molecule has 0 spiro atoms. The quantitative estimate of drug-likeness (QED) is 0.518. The third-order valence-corrected chi connectivity index (χ3v) is 2.68. The van der Waals surface area contributed by atoms with E-state index in [0.29, 0.717) is 0 Å². The zero-order valence-electron chi connectivity index (χ0n) is 6.72. The van der Waals surface area contributed by atoms with Crippen molar-refractivity contribution in [3.63, 3.8) is 0 Å². The average Bonchev–Trinajstić information content (AvgIpc) is 2.15. The van der Waals surface area contributed by atoms with Gasteiger partial charge in [-0.05, 0) is 32.4 Å². The first kappa shape index (κ1) is 7.07. The molecule has 1 heteroatoms. The van der Waals surface area contributed by atoms with E-state index in [2.05, 4.69) is 25.7 Å². The molecule has 1 saturated heterocycles. The van der Waals surface area contributed by atoms with Crippen LogP contribution < -0.4 is 0 Å². The Kier molecular flexibility index (Phi) is 2.12. The first-order valence-corrected chi connectivity index (χ1v) is 3.99. The highest BCUT2D eigenvalue weighted by molar-refractivity contribution is 4.79. The molecule has 54 valence electrons. The van der Waals surface area contributed by atoms with E-state index in [1.807, 2.05) is 0 Å². The minimum atomic E-state index is 0.829. The number of hydrogen-bond acceptors (Lipinski definition) is 1. The van der Waals surface area contributed by atoms with Crippen LogP contribution in [0.15, 0.2) is 0 Å². The molecule has 0 aromatic rings. The summed E-state index contributed by atoms with van der Waals surface area (Å²) < 4.78 is 0. The van der Waals surface area contributed by atoms with Crippen LogP contribution in [0.4, 0.5) is 0 Å². The molecule has 1 rings (SSSR count). The van der Waals surface area contributed by atoms with Gasteiger partial charge < -0.3 is 4.90 Å². The fourth-order valence-corrected chi connectivity index (χ4v) is 1.62. The van der Waals surface area contributed by atoms with Gasteiger partial charge in [0.1, 0.15) is 0 Å². The van der Waals surface area contributed by atoms with Crippen molar-refractivity contribution in [1.29, 1.82) is 0 Å². The van der Waals surface area contributed by atoms with E-state index >= 15 is 0 Å². The predicted molar refractivity (Wildman–Crippen MR) is 40.5 cm³/mol. The highest BCUT2D eigenvalue weighted by Gasteiger charge is 2.25. The fraction of sp³-hybridized carbons (Fsp3) is 1.00. The summed E-state index contributed by atoms with van der Waals surface area (Å²) in [5, 5.41) is 0. The molecule has 1 aliphatic rings. The molecule has 0 unspecified atom stereocenters. The van der Waals surface area contributed by atoms with E-state index < -0.39 is 0 Å². The van der Waals surface area contributed by atoms with Crippen LogP contribution in [0.25, 0.3) is 0 Å². The molecule has 0 radical (unpaired) electrons. The predicted octanol–water partition coefficient (Wildman–Crippen LogP) is 1.74. The van der Waals surface area contributed by atoms with Crippen molar-refractivity contribution >= 4 is 0 Å². The van der Waals surface area contributed by atoms with E-state index in [0.717, 1.165) is 12.0 Å². The lowest BCUT2D eigenvalue weighted by Gasteiger charge is -2.20. The van der Waals surface area contributed by atoms with Gasteiger partial charge in [0, 0.05) is 6.04 Å². The summed E-state index contributed by atoms with van der Waals surface area (Å²) in [5.41, 5.74) is 0. The third-order valence-electron chi connectivity index (χ3n) is 2.68. The highest BCUT2D eigenvalue weighted by atomic mass is 15.2. The van der Waals surface area contributed by atoms with Crippen LogP contribution in [-0.4, -0.2) is 24.0 Å². The molecule has 0 aliphatic carbocycles. The topological polar surface area (TPSA) is 3.24 Å². The van der Waals surface area contributed by atoms with Gasteiger partial charge in [-0.2, -0.15) is 0 Å². The van der Waals surface area contributed by atoms with Gasteiger partial charge in [0.25, 0.3) is 0 Å². The maximum atomic E-state index is 2.55. The van der Waals surface area contributed by atoms with Crippen LogP contribution in [-0.2, 0) is 0 Å². The van der Waals surface area contributed by atoms with Gasteiger partial charge in [0.15, 0.2) is 0 Å². The number of nitrogens with zero attached hydrogens (tertiary/aromatic N) is 1. The normalized spacial score (nSPS) is 37.7. The number of likely N-dealkylation sites (tertiary alicyclic amines) is 1. The molecule has 1 fully saturated rings. The Bertz CT molecular complexity index is 90.6. The zero-order chi connectivity index (χ0) is 6.85. The van der Waals surface area contributed by atoms with E-state index in [9.17, 15) is 0 Å². The van der Waals surface area contributed by atoms with Crippen molar-refractivity contribution in [2.24, 2.45) is 5.92 Å². The van der Waals surface area contributed by atoms with Gasteiger partial charge in [-0.3, -0.25) is 0 Å². The first-order valence-electron chi connectivity index (χ1n) is 3.99. The van der Waals surface area contributed by atoms with Gasteiger partial charge in [-0.1, -0.05) is 13.8 Å². The van der Waals surface area contributed by atoms with E-state index in [-0.39, 0.29) is 0 Å². The molecule has 0 N–H and O–H groups in total. The van der Waals surface area contributed by atoms with Crippen molar-refractivity contribution in [3.8, 4) is 0 Å². The second kappa shape index (κ2) is 2.70. The van der Waals surface area contributed by atoms with Crippen LogP contribution in [0.5, 0.6) is 0 Å². The standard InChI is InChI=1S/C8H17N/c1-4-9-6-5-7(2)8(9)3/h7-8H,4-6H2,1-3H3/t7-,8-/m1/s1. The van der Waals surface area contributed by atoms with Gasteiger partial charge >= 0.3 is 0 Å². The van der Waals surface area contributed by atoms with Gasteiger partial charge in [0.2, 0.25) is 0 Å². The van der Waals surface area contributed by atoms with E-state index in [1.165, 1.54) is 19.5 Å². The minimum Gasteiger partial charge on any atom is -0.301 e. The largest absolute Gasteiger partial charge is 0.301 e. The molecule has 0 aromatic heterocycles. The number of hydrogen-bond donors (Lipinski definition) is 0. The lowest BCUT2D eigenvalue weighted by atomic mass is 10.1. The van der Waals surface area contributed by atoms with Crippen LogP contribution in [0.3, 0.4) is 0 Å². The SMILES string of the molecule is CCN1CC[C@@H](C)[C@H]1C. The van der Waals surface area contributed by atoms with Gasteiger partial charge in [-0.15, -0.1) is 0 Å². The van der Waals surface area contributed by atoms with Crippen LogP contribution >= 0.6 is 0 Å². The summed E-state index contributed by atoms with van der Waals surface area (Å²) in [4.78, 5) is 2.55. The Balaban J connectivity index is 2.41. The Morgan fingerprint density at radius 3 is 2.33 bits per heavy atom. The van der Waals surface area contributed by atoms with Crippen molar-refractivity contribution in [1.82, 2.24) is 4.90 Å². The van der Waals surface area contributed by atoms with Crippen LogP contribution in [0.2, 0.25) is 0 Å². The summed E-state index contributed by atoms with van der Waals surface area (Å²) in [6.07, 6.45) is 1.40. The second-order valence-electron chi connectivity index (χ2n) is 3.14. The molecule has 2 atom stereocenters. The molecule has 1 aliphatic heterocycles. The van der Waals surface area contributed by atoms with Crippen molar-refractivity contribution in [3.05, 3.63) is 0 Å². The van der Waals surface area contributed by atoms with Crippen molar-refractivity contribution in [2.45, 2.75) is 33.2 Å². The Morgan fingerprint density at radius 1 is 1.44 bits per heavy atom. The van der Waals surface area contributed by atoms with E-state index in [1.54, 1.807) is 0 Å². The first-order chi connectivity index (χ1) is 4.25. The van der Waals surface area contributed by atoms with Gasteiger partial charge in [0.05, 0.1) is 0 Å². The average molecular weight is 127 g/mol. The summed E-state index contributed by atoms with van der Waals surface area (Å²) in [7, 11) is 0. The van der Waals surface area contributed by atoms with E-state index in [4.69, 9.17) is 0 Å². The maximum absolute atomic E-state index is 2.55. The molecular weight excluding hydrogens is 110 g/mol. The fourth-order valence-electron chi connectivity index (χ4n) is 1.62. The lowest BCUT2D eigenvalue weighted by molar-refractivity contribution is 0.260. The molecular formula is C8H17N. The van der Waals surface area contributed by atoms with Crippen LogP contribution in [0.1, 0.15) is 27.2 Å². The summed E-state index contributed by atoms with van der Waals surface area (Å²) in [6.45, 7) is 9.47. The minimum absolute atomic E-state index is 0.829. The molecule has 0 amide bonds. The summed E-state index contributed by atoms with van der Waals surface area (Å²) >= 11 is 0. The highest BCUT2D eigenvalue weighted by Crippen LogP contribution is 2.22. The third kappa shape index (κ3) is 1.26. The Morgan fingerprint density at radius 2 is 2.11 bits per heavy atom. The molecule has 1 nitrogen and oxygen atoms in total. The summed E-state index contributed by atoms with van der Waals surface area (Å²) in [6, 6.07) is 0.829. The van der Waals surface area contributed by atoms with Crippen molar-refractivity contribution in [2.75, 3.05) is 13.1 Å². The summed E-state index contributed by atoms with van der Waals surface area (Å²) in [5.74, 6) is 0.921. The molecule has 1 heterocycles.